The third kappa shape index (κ3) is 2.22. The predicted octanol–water partition coefficient (Wildman–Crippen LogP) is 1.96. The van der Waals surface area contributed by atoms with Crippen molar-refractivity contribution in [1.29, 1.82) is 0 Å². The maximum atomic E-state index is 11.2. The van der Waals surface area contributed by atoms with E-state index in [9.17, 15) is 14.9 Å². The van der Waals surface area contributed by atoms with E-state index in [1.54, 1.807) is 6.07 Å². The number of ether oxygens (including phenoxy) is 1. The van der Waals surface area contributed by atoms with E-state index >= 15 is 0 Å². The lowest BCUT2D eigenvalue weighted by molar-refractivity contribution is -0.419. The Hall–Kier alpha value is -2.63. The first-order chi connectivity index (χ1) is 8.61. The van der Waals surface area contributed by atoms with Crippen LogP contribution in [0.4, 0.5) is 0 Å². The number of rotatable bonds is 3. The molecule has 1 N–H and O–H groups in total. The Kier molecular flexibility index (Phi) is 3.09. The molecule has 1 heterocycles. The van der Waals surface area contributed by atoms with E-state index in [1.807, 2.05) is 24.3 Å². The summed E-state index contributed by atoms with van der Waals surface area (Å²) in [5, 5.41) is 11.7. The number of aromatic nitrogens is 1. The molecule has 1 aromatic carbocycles. The highest BCUT2D eigenvalue weighted by Gasteiger charge is 2.22. The van der Waals surface area contributed by atoms with E-state index in [-0.39, 0.29) is 0 Å². The molecule has 6 nitrogen and oxygen atoms in total. The van der Waals surface area contributed by atoms with Crippen LogP contribution >= 0.6 is 0 Å². The summed E-state index contributed by atoms with van der Waals surface area (Å²) in [6.45, 7) is 0. The van der Waals surface area contributed by atoms with Gasteiger partial charge in [0.1, 0.15) is 0 Å². The number of carbonyl (C=O) groups excluding carboxylic acids is 1. The van der Waals surface area contributed by atoms with Crippen LogP contribution in [0, 0.1) is 10.1 Å². The molecule has 92 valence electrons. The molecule has 2 rings (SSSR count). The number of fused-ring (bicyclic) bond motifs is 1. The van der Waals surface area contributed by atoms with Crippen LogP contribution < -0.4 is 0 Å². The first kappa shape index (κ1) is 11.8. The van der Waals surface area contributed by atoms with Crippen LogP contribution in [0.2, 0.25) is 0 Å². The quantitative estimate of drug-likeness (QED) is 0.388. The van der Waals surface area contributed by atoms with Crippen LogP contribution in [-0.4, -0.2) is 23.0 Å². The Morgan fingerprint density at radius 3 is 2.78 bits per heavy atom. The molecule has 0 saturated carbocycles. The van der Waals surface area contributed by atoms with Gasteiger partial charge in [0.2, 0.25) is 0 Å². The number of para-hydroxylation sites is 1. The van der Waals surface area contributed by atoms with E-state index < -0.39 is 16.6 Å². The SMILES string of the molecule is COC(=O)/C(=C\c1cc2ccccc2[nH]1)[N+](=O)[O-]. The zero-order valence-electron chi connectivity index (χ0n) is 9.54. The zero-order valence-corrected chi connectivity index (χ0v) is 9.54. The van der Waals surface area contributed by atoms with Crippen LogP contribution in [0.3, 0.4) is 0 Å². The van der Waals surface area contributed by atoms with Gasteiger partial charge in [-0.15, -0.1) is 0 Å². The van der Waals surface area contributed by atoms with Crippen LogP contribution in [-0.2, 0) is 9.53 Å². The van der Waals surface area contributed by atoms with Gasteiger partial charge in [0.15, 0.2) is 0 Å². The molecule has 0 spiro atoms. The number of nitrogens with zero attached hydrogens (tertiary/aromatic N) is 1. The van der Waals surface area contributed by atoms with Crippen LogP contribution in [0.1, 0.15) is 5.69 Å². The zero-order chi connectivity index (χ0) is 13.1. The second-order valence-corrected chi connectivity index (χ2v) is 3.59. The number of hydrogen-bond acceptors (Lipinski definition) is 4. The number of nitrogens with one attached hydrogen (secondary N) is 1. The topological polar surface area (TPSA) is 85.2 Å². The van der Waals surface area contributed by atoms with Gasteiger partial charge in [-0.05, 0) is 17.5 Å². The Bertz CT molecular complexity index is 609. The van der Waals surface area contributed by atoms with Gasteiger partial charge in [-0.2, -0.15) is 0 Å². The van der Waals surface area contributed by atoms with E-state index in [2.05, 4.69) is 9.72 Å². The minimum absolute atomic E-state index is 0.480. The Labute approximate surface area is 102 Å². The maximum Gasteiger partial charge on any atom is 0.409 e. The van der Waals surface area contributed by atoms with Gasteiger partial charge in [0.05, 0.1) is 12.0 Å². The number of H-pyrrole nitrogens is 1. The summed E-state index contributed by atoms with van der Waals surface area (Å²) in [4.78, 5) is 24.2. The van der Waals surface area contributed by atoms with Crippen molar-refractivity contribution in [2.24, 2.45) is 0 Å². The minimum atomic E-state index is -0.973. The van der Waals surface area contributed by atoms with Gasteiger partial charge in [0, 0.05) is 17.3 Å². The fourth-order valence-corrected chi connectivity index (χ4v) is 1.61. The largest absolute Gasteiger partial charge is 0.461 e. The molecule has 18 heavy (non-hydrogen) atoms. The fourth-order valence-electron chi connectivity index (χ4n) is 1.61. The highest BCUT2D eigenvalue weighted by molar-refractivity contribution is 5.92. The summed E-state index contributed by atoms with van der Waals surface area (Å²) in [6.07, 6.45) is 1.16. The van der Waals surface area contributed by atoms with Crippen molar-refractivity contribution >= 4 is 22.9 Å². The third-order valence-electron chi connectivity index (χ3n) is 2.43. The number of nitro groups is 1. The number of aromatic amines is 1. The van der Waals surface area contributed by atoms with Crippen molar-refractivity contribution < 1.29 is 14.5 Å². The summed E-state index contributed by atoms with van der Waals surface area (Å²) in [5.74, 6) is -0.973. The van der Waals surface area contributed by atoms with Crippen LogP contribution in [0.15, 0.2) is 36.0 Å². The van der Waals surface area contributed by atoms with Crippen molar-refractivity contribution in [3.05, 3.63) is 51.8 Å². The maximum absolute atomic E-state index is 11.2. The molecule has 0 aliphatic heterocycles. The lowest BCUT2D eigenvalue weighted by Gasteiger charge is -1.95. The van der Waals surface area contributed by atoms with Gasteiger partial charge in [0.25, 0.3) is 0 Å². The van der Waals surface area contributed by atoms with E-state index in [4.69, 9.17) is 0 Å². The third-order valence-corrected chi connectivity index (χ3v) is 2.43. The minimum Gasteiger partial charge on any atom is -0.461 e. The molecule has 0 bridgehead atoms. The monoisotopic (exact) mass is 246 g/mol. The molecule has 0 fully saturated rings. The fraction of sp³-hybridized carbons (Fsp3) is 0.0833. The molecular formula is C12H10N2O4. The molecule has 0 radical (unpaired) electrons. The molecule has 1 aromatic heterocycles. The number of methoxy groups -OCH3 is 1. The molecule has 0 unspecified atom stereocenters. The van der Waals surface area contributed by atoms with Gasteiger partial charge in [-0.25, -0.2) is 4.79 Å². The van der Waals surface area contributed by atoms with Crippen molar-refractivity contribution in [1.82, 2.24) is 4.98 Å². The standard InChI is InChI=1S/C12H10N2O4/c1-18-12(15)11(14(16)17)7-9-6-8-4-2-3-5-10(8)13-9/h2-7,13H,1H3/b11-7+. The Morgan fingerprint density at radius 2 is 2.17 bits per heavy atom. The highest BCUT2D eigenvalue weighted by Crippen LogP contribution is 2.17. The molecule has 0 aliphatic carbocycles. The molecule has 2 aromatic rings. The lowest BCUT2D eigenvalue weighted by atomic mass is 10.2. The van der Waals surface area contributed by atoms with Crippen molar-refractivity contribution in [3.8, 4) is 0 Å². The normalized spacial score (nSPS) is 11.5. The first-order valence-electron chi connectivity index (χ1n) is 5.14. The number of benzene rings is 1. The van der Waals surface area contributed by atoms with Crippen LogP contribution in [0.5, 0.6) is 0 Å². The average Bonchev–Trinajstić information content (AvgIpc) is 2.77. The summed E-state index contributed by atoms with van der Waals surface area (Å²) in [5.41, 5.74) is 0.716. The van der Waals surface area contributed by atoms with Gasteiger partial charge in [-0.1, -0.05) is 18.2 Å². The summed E-state index contributed by atoms with van der Waals surface area (Å²) in [7, 11) is 1.10. The lowest BCUT2D eigenvalue weighted by Crippen LogP contribution is -2.12. The first-order valence-corrected chi connectivity index (χ1v) is 5.14. The Morgan fingerprint density at radius 1 is 1.44 bits per heavy atom. The second-order valence-electron chi connectivity index (χ2n) is 3.59. The summed E-state index contributed by atoms with van der Waals surface area (Å²) in [6, 6.07) is 9.14. The number of carbonyl (C=O) groups is 1. The summed E-state index contributed by atoms with van der Waals surface area (Å²) >= 11 is 0. The molecule has 0 atom stereocenters. The smallest absolute Gasteiger partial charge is 0.409 e. The number of esters is 1. The average molecular weight is 246 g/mol. The van der Waals surface area contributed by atoms with E-state index in [1.165, 1.54) is 0 Å². The van der Waals surface area contributed by atoms with Gasteiger partial charge < -0.3 is 9.72 Å². The van der Waals surface area contributed by atoms with Gasteiger partial charge >= 0.3 is 11.7 Å². The van der Waals surface area contributed by atoms with Crippen molar-refractivity contribution in [3.63, 3.8) is 0 Å². The highest BCUT2D eigenvalue weighted by atomic mass is 16.6. The summed E-state index contributed by atoms with van der Waals surface area (Å²) < 4.78 is 4.36. The van der Waals surface area contributed by atoms with Crippen molar-refractivity contribution in [2.75, 3.05) is 7.11 Å². The second kappa shape index (κ2) is 4.70. The number of hydrogen-bond donors (Lipinski definition) is 1. The molecule has 0 saturated heterocycles. The van der Waals surface area contributed by atoms with Crippen molar-refractivity contribution in [2.45, 2.75) is 0 Å². The molecular weight excluding hydrogens is 236 g/mol. The van der Waals surface area contributed by atoms with Gasteiger partial charge in [-0.3, -0.25) is 10.1 Å². The van der Waals surface area contributed by atoms with Crippen LogP contribution in [0.25, 0.3) is 17.0 Å². The molecule has 6 heteroatoms. The predicted molar refractivity (Wildman–Crippen MR) is 65.3 cm³/mol. The molecule has 0 aliphatic rings. The Balaban J connectivity index is 2.46. The van der Waals surface area contributed by atoms with E-state index in [0.29, 0.717) is 5.69 Å². The van der Waals surface area contributed by atoms with E-state index in [0.717, 1.165) is 24.1 Å². The molecule has 0 amide bonds.